The fraction of sp³-hybridized carbons (Fsp3) is 0.150. The lowest BCUT2D eigenvalue weighted by atomic mass is 10.2. The van der Waals surface area contributed by atoms with Gasteiger partial charge in [-0.05, 0) is 60.5 Å². The van der Waals surface area contributed by atoms with Crippen molar-refractivity contribution in [1.29, 1.82) is 0 Å². The van der Waals surface area contributed by atoms with Gasteiger partial charge in [0.05, 0.1) is 19.4 Å². The van der Waals surface area contributed by atoms with Crippen LogP contribution in [0.4, 0.5) is 0 Å². The van der Waals surface area contributed by atoms with E-state index in [1.807, 2.05) is 55.5 Å². The first kappa shape index (κ1) is 18.8. The maximum absolute atomic E-state index is 12.2. The highest BCUT2D eigenvalue weighted by molar-refractivity contribution is 9.10. The zero-order chi connectivity index (χ0) is 19.1. The van der Waals surface area contributed by atoms with E-state index < -0.39 is 0 Å². The largest absolute Gasteiger partial charge is 0.494 e. The Morgan fingerprint density at radius 1 is 1.19 bits per heavy atom. The molecule has 6 nitrogen and oxygen atoms in total. The van der Waals surface area contributed by atoms with Crippen molar-refractivity contribution in [2.24, 2.45) is 5.10 Å². The summed E-state index contributed by atoms with van der Waals surface area (Å²) in [6, 6.07) is 17.1. The van der Waals surface area contributed by atoms with Crippen molar-refractivity contribution in [2.75, 3.05) is 6.61 Å². The highest BCUT2D eigenvalue weighted by Gasteiger charge is 2.08. The molecule has 0 saturated carbocycles. The predicted molar refractivity (Wildman–Crippen MR) is 108 cm³/mol. The van der Waals surface area contributed by atoms with E-state index in [9.17, 15) is 4.79 Å². The minimum Gasteiger partial charge on any atom is -0.494 e. The van der Waals surface area contributed by atoms with Crippen molar-refractivity contribution in [3.8, 4) is 5.75 Å². The van der Waals surface area contributed by atoms with Crippen molar-refractivity contribution in [3.05, 3.63) is 82.1 Å². The molecule has 0 saturated heterocycles. The van der Waals surface area contributed by atoms with Crippen LogP contribution >= 0.6 is 15.9 Å². The SMILES string of the molecule is CCOc1ccc(/C=N\NC(=O)c2ccn(Cc3ccc(Br)cc3)n2)cc1. The van der Waals surface area contributed by atoms with Gasteiger partial charge in [0.25, 0.3) is 5.91 Å². The Morgan fingerprint density at radius 3 is 2.63 bits per heavy atom. The quantitative estimate of drug-likeness (QED) is 0.460. The fourth-order valence-electron chi connectivity index (χ4n) is 2.39. The molecule has 0 fully saturated rings. The predicted octanol–water partition coefficient (Wildman–Crippen LogP) is 3.86. The monoisotopic (exact) mass is 426 g/mol. The van der Waals surface area contributed by atoms with Crippen LogP contribution in [0.1, 0.15) is 28.5 Å². The Morgan fingerprint density at radius 2 is 1.93 bits per heavy atom. The topological polar surface area (TPSA) is 68.5 Å². The van der Waals surface area contributed by atoms with E-state index in [1.165, 1.54) is 0 Å². The number of hydrogen-bond acceptors (Lipinski definition) is 4. The summed E-state index contributed by atoms with van der Waals surface area (Å²) in [5, 5.41) is 8.26. The van der Waals surface area contributed by atoms with Crippen LogP contribution in [0.5, 0.6) is 5.75 Å². The summed E-state index contributed by atoms with van der Waals surface area (Å²) < 4.78 is 8.13. The molecule has 27 heavy (non-hydrogen) atoms. The molecule has 0 unspecified atom stereocenters. The number of carbonyl (C=O) groups is 1. The number of carbonyl (C=O) groups excluding carboxylic acids is 1. The van der Waals surface area contributed by atoms with E-state index >= 15 is 0 Å². The highest BCUT2D eigenvalue weighted by atomic mass is 79.9. The van der Waals surface area contributed by atoms with E-state index in [-0.39, 0.29) is 5.91 Å². The van der Waals surface area contributed by atoms with Crippen LogP contribution in [0.15, 0.2) is 70.4 Å². The molecule has 3 aromatic rings. The molecule has 0 spiro atoms. The number of ether oxygens (including phenoxy) is 1. The van der Waals surface area contributed by atoms with Crippen molar-refractivity contribution in [1.82, 2.24) is 15.2 Å². The first-order valence-electron chi connectivity index (χ1n) is 8.48. The Hall–Kier alpha value is -2.93. The lowest BCUT2D eigenvalue weighted by Crippen LogP contribution is -2.18. The molecule has 138 valence electrons. The van der Waals surface area contributed by atoms with E-state index in [4.69, 9.17) is 4.74 Å². The molecule has 2 aromatic carbocycles. The third kappa shape index (κ3) is 5.52. The first-order chi connectivity index (χ1) is 13.1. The van der Waals surface area contributed by atoms with Gasteiger partial charge in [-0.15, -0.1) is 0 Å². The second kappa shape index (κ2) is 9.14. The molecule has 1 heterocycles. The van der Waals surface area contributed by atoms with Crippen LogP contribution in [0.2, 0.25) is 0 Å². The maximum Gasteiger partial charge on any atom is 0.291 e. The van der Waals surface area contributed by atoms with Gasteiger partial charge in [-0.1, -0.05) is 28.1 Å². The molecule has 1 amide bonds. The van der Waals surface area contributed by atoms with Gasteiger partial charge in [-0.2, -0.15) is 10.2 Å². The Bertz CT molecular complexity index is 918. The molecule has 0 bridgehead atoms. The zero-order valence-electron chi connectivity index (χ0n) is 14.8. The molecule has 0 radical (unpaired) electrons. The first-order valence-corrected chi connectivity index (χ1v) is 9.27. The summed E-state index contributed by atoms with van der Waals surface area (Å²) in [4.78, 5) is 12.2. The van der Waals surface area contributed by atoms with E-state index in [1.54, 1.807) is 23.2 Å². The molecular formula is C20H19BrN4O2. The number of hydrazone groups is 1. The molecule has 0 atom stereocenters. The van der Waals surface area contributed by atoms with Crippen LogP contribution in [0.3, 0.4) is 0 Å². The molecule has 0 aliphatic rings. The van der Waals surface area contributed by atoms with Gasteiger partial charge in [-0.25, -0.2) is 5.43 Å². The maximum atomic E-state index is 12.2. The van der Waals surface area contributed by atoms with Crippen molar-refractivity contribution >= 4 is 28.1 Å². The van der Waals surface area contributed by atoms with E-state index in [0.29, 0.717) is 18.8 Å². The summed E-state index contributed by atoms with van der Waals surface area (Å²) >= 11 is 3.41. The van der Waals surface area contributed by atoms with Crippen molar-refractivity contribution < 1.29 is 9.53 Å². The van der Waals surface area contributed by atoms with Gasteiger partial charge in [-0.3, -0.25) is 9.48 Å². The minimum atomic E-state index is -0.355. The van der Waals surface area contributed by atoms with Gasteiger partial charge in [0, 0.05) is 10.7 Å². The number of nitrogens with zero attached hydrogens (tertiary/aromatic N) is 3. The van der Waals surface area contributed by atoms with Crippen molar-refractivity contribution in [2.45, 2.75) is 13.5 Å². The third-order valence-electron chi connectivity index (χ3n) is 3.70. The highest BCUT2D eigenvalue weighted by Crippen LogP contribution is 2.12. The van der Waals surface area contributed by atoms with E-state index in [2.05, 4.69) is 31.6 Å². The molecule has 0 aliphatic heterocycles. The number of amides is 1. The van der Waals surface area contributed by atoms with E-state index in [0.717, 1.165) is 21.3 Å². The second-order valence-electron chi connectivity index (χ2n) is 5.73. The smallest absolute Gasteiger partial charge is 0.291 e. The minimum absolute atomic E-state index is 0.316. The molecule has 1 N–H and O–H groups in total. The number of rotatable bonds is 7. The summed E-state index contributed by atoms with van der Waals surface area (Å²) in [7, 11) is 0. The lowest BCUT2D eigenvalue weighted by Gasteiger charge is -2.02. The Labute approximate surface area is 166 Å². The molecule has 1 aromatic heterocycles. The average Bonchev–Trinajstić information content (AvgIpc) is 3.14. The molecule has 7 heteroatoms. The number of halogens is 1. The van der Waals surface area contributed by atoms with Gasteiger partial charge in [0.2, 0.25) is 0 Å². The Balaban J connectivity index is 1.55. The van der Waals surface area contributed by atoms with Crippen LogP contribution < -0.4 is 10.2 Å². The van der Waals surface area contributed by atoms with Gasteiger partial charge in [0.1, 0.15) is 5.75 Å². The molecular weight excluding hydrogens is 408 g/mol. The number of benzene rings is 2. The number of aromatic nitrogens is 2. The summed E-state index contributed by atoms with van der Waals surface area (Å²) in [6.45, 7) is 3.15. The third-order valence-corrected chi connectivity index (χ3v) is 4.23. The van der Waals surface area contributed by atoms with Crippen LogP contribution in [0, 0.1) is 0 Å². The number of hydrogen-bond donors (Lipinski definition) is 1. The normalized spacial score (nSPS) is 10.9. The van der Waals surface area contributed by atoms with Crippen LogP contribution in [-0.2, 0) is 6.54 Å². The average molecular weight is 427 g/mol. The lowest BCUT2D eigenvalue weighted by molar-refractivity contribution is 0.0949. The van der Waals surface area contributed by atoms with Crippen LogP contribution in [-0.4, -0.2) is 28.5 Å². The number of nitrogens with one attached hydrogen (secondary N) is 1. The van der Waals surface area contributed by atoms with Gasteiger partial charge < -0.3 is 4.74 Å². The van der Waals surface area contributed by atoms with Crippen LogP contribution in [0.25, 0.3) is 0 Å². The molecule has 0 aliphatic carbocycles. The van der Waals surface area contributed by atoms with Gasteiger partial charge in [0.15, 0.2) is 5.69 Å². The summed E-state index contributed by atoms with van der Waals surface area (Å²) in [6.07, 6.45) is 3.35. The summed E-state index contributed by atoms with van der Waals surface area (Å²) in [5.41, 5.74) is 4.76. The zero-order valence-corrected chi connectivity index (χ0v) is 16.4. The molecule has 3 rings (SSSR count). The Kier molecular flexibility index (Phi) is 6.38. The fourth-order valence-corrected chi connectivity index (χ4v) is 2.65. The summed E-state index contributed by atoms with van der Waals surface area (Å²) in [5.74, 6) is 0.446. The second-order valence-corrected chi connectivity index (χ2v) is 6.64. The van der Waals surface area contributed by atoms with Crippen molar-refractivity contribution in [3.63, 3.8) is 0 Å². The van der Waals surface area contributed by atoms with Gasteiger partial charge >= 0.3 is 0 Å². The standard InChI is InChI=1S/C20H19BrN4O2/c1-2-27-18-9-5-15(6-10-18)13-22-23-20(26)19-11-12-25(24-19)14-16-3-7-17(21)8-4-16/h3-13H,2,14H2,1H3,(H,23,26)/b22-13-.